The van der Waals surface area contributed by atoms with E-state index >= 15 is 0 Å². The smallest absolute Gasteiger partial charge is 0.274 e. The van der Waals surface area contributed by atoms with E-state index in [1.54, 1.807) is 7.11 Å². The molecular weight excluding hydrogens is 460 g/mol. The zero-order valence-corrected chi connectivity index (χ0v) is 21.2. The number of likely N-dealkylation sites (N-methyl/N-ethyl adjacent to an activating group) is 2. The zero-order chi connectivity index (χ0) is 30.3. The van der Waals surface area contributed by atoms with E-state index in [-0.39, 0.29) is 5.69 Å². The van der Waals surface area contributed by atoms with E-state index in [1.807, 2.05) is 28.1 Å². The normalized spacial score (nSPS) is 15.6. The molecule has 2 amide bonds. The van der Waals surface area contributed by atoms with E-state index in [1.165, 1.54) is 11.3 Å². The molecule has 0 atom stereocenters. The van der Waals surface area contributed by atoms with Crippen molar-refractivity contribution in [1.82, 2.24) is 19.4 Å². The summed E-state index contributed by atoms with van der Waals surface area (Å²) in [6.45, 7) is -1.29. The van der Waals surface area contributed by atoms with Gasteiger partial charge in [0, 0.05) is 42.2 Å². The lowest BCUT2D eigenvalue weighted by Crippen LogP contribution is -2.37. The van der Waals surface area contributed by atoms with E-state index in [2.05, 4.69) is 19.9 Å². The van der Waals surface area contributed by atoms with Gasteiger partial charge in [0.2, 0.25) is 5.91 Å². The fraction of sp³-hybridized carbons (Fsp3) is 0.444. The van der Waals surface area contributed by atoms with Gasteiger partial charge in [0.05, 0.1) is 23.4 Å². The van der Waals surface area contributed by atoms with Gasteiger partial charge in [0.1, 0.15) is 5.75 Å². The van der Waals surface area contributed by atoms with Crippen molar-refractivity contribution in [3.05, 3.63) is 52.2 Å². The Morgan fingerprint density at radius 2 is 2.00 bits per heavy atom. The number of carbonyl (C=O) groups is 2. The van der Waals surface area contributed by atoms with Crippen molar-refractivity contribution in [2.75, 3.05) is 34.2 Å². The molecule has 186 valence electrons. The highest BCUT2D eigenvalue weighted by molar-refractivity contribution is 7.13. The van der Waals surface area contributed by atoms with E-state index in [4.69, 9.17) is 17.9 Å². The molecule has 0 N–H and O–H groups in total. The minimum atomic E-state index is -2.89. The standard InChI is InChI=1S/C27H34N4O3S/c1-17(2)14-20-15-22-19(16-23(20)34-6)9-10-21-25(27(33)30(5)12-11-29(4)18(3)32)28-26(31(21)22)24-8-7-13-35-24/h7-8,13,15-17H,9-12,14H2,1-6H3/i4D3,5D3. The molecule has 0 aliphatic carbocycles. The number of aryl methyl sites for hydroxylation is 1. The maximum absolute atomic E-state index is 13.9. The second-order valence-electron chi connectivity index (χ2n) is 9.06. The van der Waals surface area contributed by atoms with Gasteiger partial charge in [0.25, 0.3) is 5.91 Å². The van der Waals surface area contributed by atoms with Crippen LogP contribution in [0.25, 0.3) is 16.4 Å². The van der Waals surface area contributed by atoms with Crippen molar-refractivity contribution in [3.63, 3.8) is 0 Å². The van der Waals surface area contributed by atoms with Crippen LogP contribution in [0.1, 0.15) is 56.3 Å². The average Bonchev–Trinajstić information content (AvgIpc) is 3.52. The molecule has 1 aliphatic rings. The summed E-state index contributed by atoms with van der Waals surface area (Å²) in [5.74, 6) is 0.113. The van der Waals surface area contributed by atoms with Gasteiger partial charge in [-0.15, -0.1) is 11.3 Å². The third-order valence-corrected chi connectivity index (χ3v) is 6.94. The van der Waals surface area contributed by atoms with Crippen LogP contribution in [0.5, 0.6) is 5.75 Å². The lowest BCUT2D eigenvalue weighted by atomic mass is 9.94. The number of nitrogens with zero attached hydrogens (tertiary/aromatic N) is 4. The van der Waals surface area contributed by atoms with Crippen molar-refractivity contribution in [2.24, 2.45) is 5.92 Å². The molecule has 1 aliphatic heterocycles. The summed E-state index contributed by atoms with van der Waals surface area (Å²) in [5, 5.41) is 1.90. The predicted molar refractivity (Wildman–Crippen MR) is 140 cm³/mol. The van der Waals surface area contributed by atoms with Crippen LogP contribution in [0, 0.1) is 5.92 Å². The second-order valence-corrected chi connectivity index (χ2v) is 10.0. The van der Waals surface area contributed by atoms with Gasteiger partial charge < -0.3 is 14.5 Å². The Morgan fingerprint density at radius 3 is 2.63 bits per heavy atom. The number of imidazole rings is 1. The van der Waals surface area contributed by atoms with Crippen molar-refractivity contribution in [2.45, 2.75) is 40.0 Å². The maximum Gasteiger partial charge on any atom is 0.274 e. The summed E-state index contributed by atoms with van der Waals surface area (Å²) in [7, 11) is 1.65. The Labute approximate surface area is 219 Å². The molecule has 8 heteroatoms. The first kappa shape index (κ1) is 18.2. The molecule has 0 radical (unpaired) electrons. The first-order valence-electron chi connectivity index (χ1n) is 14.6. The molecule has 1 aromatic carbocycles. The number of ether oxygens (including phenoxy) is 1. The van der Waals surface area contributed by atoms with Crippen molar-refractivity contribution < 1.29 is 22.6 Å². The van der Waals surface area contributed by atoms with Crippen LogP contribution < -0.4 is 4.74 Å². The Balaban J connectivity index is 1.84. The minimum Gasteiger partial charge on any atom is -0.496 e. The average molecular weight is 501 g/mol. The van der Waals surface area contributed by atoms with E-state index in [0.29, 0.717) is 40.1 Å². The Morgan fingerprint density at radius 1 is 1.23 bits per heavy atom. The second kappa shape index (κ2) is 10.2. The molecule has 4 rings (SSSR count). The first-order valence-corrected chi connectivity index (χ1v) is 12.5. The van der Waals surface area contributed by atoms with Crippen LogP contribution in [0.3, 0.4) is 0 Å². The van der Waals surface area contributed by atoms with Crippen LogP contribution in [0.4, 0.5) is 0 Å². The van der Waals surface area contributed by atoms with E-state index in [9.17, 15) is 9.59 Å². The highest BCUT2D eigenvalue weighted by atomic mass is 32.1. The fourth-order valence-corrected chi connectivity index (χ4v) is 5.08. The molecule has 0 saturated carbocycles. The number of carbonyl (C=O) groups excluding carboxylic acids is 2. The molecule has 0 unspecified atom stereocenters. The summed E-state index contributed by atoms with van der Waals surface area (Å²) in [6.07, 6.45) is 1.81. The molecule has 2 aromatic heterocycles. The SMILES string of the molecule is [2H]C([2H])([2H])N(CCN(C(=O)c1nc(-c2cccs2)n2c1CCc1cc(OC)c(CC(C)C)cc1-2)C([2H])([2H])[2H])C(C)=O. The van der Waals surface area contributed by atoms with Crippen LogP contribution in [-0.2, 0) is 24.1 Å². The molecule has 0 spiro atoms. The summed E-state index contributed by atoms with van der Waals surface area (Å²) in [4.78, 5) is 32.6. The van der Waals surface area contributed by atoms with Crippen LogP contribution >= 0.6 is 11.3 Å². The lowest BCUT2D eigenvalue weighted by molar-refractivity contribution is -0.127. The van der Waals surface area contributed by atoms with Crippen molar-refractivity contribution >= 4 is 23.2 Å². The molecule has 0 saturated heterocycles. The van der Waals surface area contributed by atoms with Crippen molar-refractivity contribution in [1.29, 1.82) is 0 Å². The van der Waals surface area contributed by atoms with Crippen LogP contribution in [0.2, 0.25) is 0 Å². The summed E-state index contributed by atoms with van der Waals surface area (Å²) < 4.78 is 54.7. The highest BCUT2D eigenvalue weighted by Crippen LogP contribution is 2.38. The van der Waals surface area contributed by atoms with Gasteiger partial charge in [-0.25, -0.2) is 4.98 Å². The molecule has 7 nitrogen and oxygen atoms in total. The fourth-order valence-electron chi connectivity index (χ4n) is 4.38. The largest absolute Gasteiger partial charge is 0.496 e. The topological polar surface area (TPSA) is 67.7 Å². The number of hydrogen-bond donors (Lipinski definition) is 0. The number of methoxy groups -OCH3 is 1. The Bertz CT molecular complexity index is 1430. The third kappa shape index (κ3) is 4.98. The molecule has 3 heterocycles. The van der Waals surface area contributed by atoms with Gasteiger partial charge in [0.15, 0.2) is 11.5 Å². The highest BCUT2D eigenvalue weighted by Gasteiger charge is 2.30. The van der Waals surface area contributed by atoms with E-state index < -0.39 is 38.9 Å². The lowest BCUT2D eigenvalue weighted by Gasteiger charge is -2.25. The molecule has 3 aromatic rings. The maximum atomic E-state index is 13.9. The molecule has 0 fully saturated rings. The van der Waals surface area contributed by atoms with Gasteiger partial charge in [-0.05, 0) is 59.9 Å². The summed E-state index contributed by atoms with van der Waals surface area (Å²) >= 11 is 1.45. The van der Waals surface area contributed by atoms with Gasteiger partial charge in [-0.3, -0.25) is 14.2 Å². The number of benzene rings is 1. The van der Waals surface area contributed by atoms with E-state index in [0.717, 1.165) is 40.8 Å². The number of amides is 2. The third-order valence-electron chi connectivity index (χ3n) is 6.07. The van der Waals surface area contributed by atoms with Gasteiger partial charge in [-0.1, -0.05) is 19.9 Å². The number of hydrogen-bond acceptors (Lipinski definition) is 5. The van der Waals surface area contributed by atoms with Crippen LogP contribution in [0.15, 0.2) is 29.6 Å². The monoisotopic (exact) mass is 500 g/mol. The quantitative estimate of drug-likeness (QED) is 0.458. The Hall–Kier alpha value is -3.13. The molecule has 0 bridgehead atoms. The minimum absolute atomic E-state index is 0.000314. The zero-order valence-electron chi connectivity index (χ0n) is 26.4. The summed E-state index contributed by atoms with van der Waals surface area (Å²) in [6, 6.07) is 7.86. The first-order chi connectivity index (χ1) is 19.1. The number of rotatable bonds is 8. The number of fused-ring (bicyclic) bond motifs is 3. The van der Waals surface area contributed by atoms with Gasteiger partial charge in [-0.2, -0.15) is 0 Å². The molecule has 35 heavy (non-hydrogen) atoms. The van der Waals surface area contributed by atoms with Crippen LogP contribution in [-0.4, -0.2) is 65.3 Å². The summed E-state index contributed by atoms with van der Waals surface area (Å²) in [5.41, 5.74) is 3.49. The predicted octanol–water partition coefficient (Wildman–Crippen LogP) is 4.46. The number of thiophene rings is 1. The van der Waals surface area contributed by atoms with Crippen molar-refractivity contribution in [3.8, 4) is 22.1 Å². The molecular formula is C27H34N4O3S. The number of aromatic nitrogens is 2. The Kier molecular flexibility index (Phi) is 5.32. The van der Waals surface area contributed by atoms with Gasteiger partial charge >= 0.3 is 0 Å².